The first-order valence-electron chi connectivity index (χ1n) is 6.82. The van der Waals surface area contributed by atoms with Crippen molar-refractivity contribution in [3.63, 3.8) is 0 Å². The lowest BCUT2D eigenvalue weighted by Gasteiger charge is -2.16. The van der Waals surface area contributed by atoms with E-state index in [0.717, 1.165) is 5.56 Å². The Hall–Kier alpha value is -1.46. The summed E-state index contributed by atoms with van der Waals surface area (Å²) in [6.07, 6.45) is 0. The number of halogens is 1. The maximum Gasteiger partial charge on any atom is 0.224 e. The van der Waals surface area contributed by atoms with E-state index in [1.54, 1.807) is 7.11 Å². The van der Waals surface area contributed by atoms with E-state index in [4.69, 9.17) is 15.2 Å². The number of ether oxygens (including phenoxy) is 2. The number of benzene rings is 1. The molecular weight excluding hydrogens is 292 g/mol. The average molecular weight is 317 g/mol. The maximum absolute atomic E-state index is 11.8. The Morgan fingerprint density at radius 1 is 1.33 bits per heavy atom. The minimum Gasteiger partial charge on any atom is -0.493 e. The Morgan fingerprint density at radius 3 is 2.52 bits per heavy atom. The van der Waals surface area contributed by atoms with Gasteiger partial charge in [0.1, 0.15) is 0 Å². The molecule has 0 aliphatic carbocycles. The van der Waals surface area contributed by atoms with E-state index in [2.05, 4.69) is 5.32 Å². The fourth-order valence-electron chi connectivity index (χ4n) is 1.69. The van der Waals surface area contributed by atoms with Crippen LogP contribution < -0.4 is 20.5 Å². The monoisotopic (exact) mass is 316 g/mol. The SMILES string of the molecule is CCOc1ccc(CNC(=O)C(C)C(C)N)cc1OC.Cl. The molecule has 2 atom stereocenters. The Bertz CT molecular complexity index is 453. The Kier molecular flexibility index (Phi) is 8.81. The molecule has 0 spiro atoms. The average Bonchev–Trinajstić information content (AvgIpc) is 2.45. The van der Waals surface area contributed by atoms with Crippen LogP contribution >= 0.6 is 12.4 Å². The third kappa shape index (κ3) is 5.81. The molecule has 1 rings (SSSR count). The van der Waals surface area contributed by atoms with Crippen molar-refractivity contribution in [2.45, 2.75) is 33.4 Å². The summed E-state index contributed by atoms with van der Waals surface area (Å²) in [5, 5.41) is 2.87. The first kappa shape index (κ1) is 19.5. The molecule has 1 amide bonds. The Balaban J connectivity index is 0.00000400. The van der Waals surface area contributed by atoms with Crippen LogP contribution in [0.2, 0.25) is 0 Å². The second-order valence-corrected chi connectivity index (χ2v) is 4.78. The highest BCUT2D eigenvalue weighted by Gasteiger charge is 2.16. The second kappa shape index (κ2) is 9.47. The molecule has 0 heterocycles. The molecule has 21 heavy (non-hydrogen) atoms. The van der Waals surface area contributed by atoms with Crippen LogP contribution in [0.25, 0.3) is 0 Å². The van der Waals surface area contributed by atoms with Crippen molar-refractivity contribution in [3.8, 4) is 11.5 Å². The van der Waals surface area contributed by atoms with Crippen LogP contribution in [0.15, 0.2) is 18.2 Å². The molecule has 2 unspecified atom stereocenters. The maximum atomic E-state index is 11.8. The summed E-state index contributed by atoms with van der Waals surface area (Å²) in [5.41, 5.74) is 6.66. The number of amides is 1. The van der Waals surface area contributed by atoms with E-state index >= 15 is 0 Å². The van der Waals surface area contributed by atoms with Crippen LogP contribution in [0.1, 0.15) is 26.3 Å². The van der Waals surface area contributed by atoms with Gasteiger partial charge < -0.3 is 20.5 Å². The minimum atomic E-state index is -0.209. The lowest BCUT2D eigenvalue weighted by Crippen LogP contribution is -2.38. The lowest BCUT2D eigenvalue weighted by molar-refractivity contribution is -0.125. The van der Waals surface area contributed by atoms with Crippen LogP contribution in [0.4, 0.5) is 0 Å². The summed E-state index contributed by atoms with van der Waals surface area (Å²) in [4.78, 5) is 11.8. The highest BCUT2D eigenvalue weighted by molar-refractivity contribution is 5.85. The third-order valence-electron chi connectivity index (χ3n) is 3.20. The van der Waals surface area contributed by atoms with Gasteiger partial charge in [-0.25, -0.2) is 0 Å². The standard InChI is InChI=1S/C15H24N2O3.ClH/c1-5-20-13-7-6-12(8-14(13)19-4)9-17-15(18)10(2)11(3)16;/h6-8,10-11H,5,9,16H2,1-4H3,(H,17,18);1H. The zero-order chi connectivity index (χ0) is 15.1. The summed E-state index contributed by atoms with van der Waals surface area (Å²) < 4.78 is 10.7. The van der Waals surface area contributed by atoms with Crippen LogP contribution in [-0.2, 0) is 11.3 Å². The van der Waals surface area contributed by atoms with Crippen molar-refractivity contribution >= 4 is 18.3 Å². The summed E-state index contributed by atoms with van der Waals surface area (Å²) in [6.45, 7) is 6.59. The topological polar surface area (TPSA) is 73.6 Å². The van der Waals surface area contributed by atoms with Crippen LogP contribution in [-0.4, -0.2) is 25.7 Å². The van der Waals surface area contributed by atoms with E-state index in [1.807, 2.05) is 39.0 Å². The second-order valence-electron chi connectivity index (χ2n) is 4.78. The van der Waals surface area contributed by atoms with Gasteiger partial charge >= 0.3 is 0 Å². The molecule has 0 radical (unpaired) electrons. The first-order chi connectivity index (χ1) is 9.49. The molecule has 0 aliphatic heterocycles. The third-order valence-corrected chi connectivity index (χ3v) is 3.20. The van der Waals surface area contributed by atoms with Crippen molar-refractivity contribution in [1.29, 1.82) is 0 Å². The van der Waals surface area contributed by atoms with Gasteiger partial charge in [0.15, 0.2) is 11.5 Å². The minimum absolute atomic E-state index is 0. The molecule has 6 heteroatoms. The van der Waals surface area contributed by atoms with Crippen molar-refractivity contribution in [2.75, 3.05) is 13.7 Å². The summed E-state index contributed by atoms with van der Waals surface area (Å²) in [5.74, 6) is 1.11. The highest BCUT2D eigenvalue weighted by atomic mass is 35.5. The molecule has 1 aromatic carbocycles. The Morgan fingerprint density at radius 2 is 2.00 bits per heavy atom. The van der Waals surface area contributed by atoms with Crippen molar-refractivity contribution < 1.29 is 14.3 Å². The van der Waals surface area contributed by atoms with Gasteiger partial charge in [-0.3, -0.25) is 4.79 Å². The van der Waals surface area contributed by atoms with Crippen molar-refractivity contribution in [1.82, 2.24) is 5.32 Å². The Labute approximate surface area is 132 Å². The van der Waals surface area contributed by atoms with Gasteiger partial charge in [0.05, 0.1) is 13.7 Å². The number of carbonyl (C=O) groups is 1. The number of hydrogen-bond acceptors (Lipinski definition) is 4. The van der Waals surface area contributed by atoms with Crippen LogP contribution in [0.5, 0.6) is 11.5 Å². The van der Waals surface area contributed by atoms with E-state index < -0.39 is 0 Å². The largest absolute Gasteiger partial charge is 0.493 e. The number of hydrogen-bond donors (Lipinski definition) is 2. The lowest BCUT2D eigenvalue weighted by atomic mass is 10.0. The first-order valence-corrected chi connectivity index (χ1v) is 6.82. The van der Waals surface area contributed by atoms with Gasteiger partial charge in [0, 0.05) is 18.5 Å². The van der Waals surface area contributed by atoms with Crippen LogP contribution in [0, 0.1) is 5.92 Å². The number of rotatable bonds is 7. The molecule has 5 nitrogen and oxygen atoms in total. The molecular formula is C15H25ClN2O3. The molecule has 0 bridgehead atoms. The fraction of sp³-hybridized carbons (Fsp3) is 0.533. The molecule has 0 saturated carbocycles. The molecule has 0 aliphatic rings. The van der Waals surface area contributed by atoms with Gasteiger partial charge in [0.25, 0.3) is 0 Å². The van der Waals surface area contributed by atoms with Gasteiger partial charge in [-0.1, -0.05) is 13.0 Å². The zero-order valence-electron chi connectivity index (χ0n) is 13.0. The summed E-state index contributed by atoms with van der Waals surface area (Å²) >= 11 is 0. The zero-order valence-corrected chi connectivity index (χ0v) is 13.8. The number of carbonyl (C=O) groups excluding carboxylic acids is 1. The van der Waals surface area contributed by atoms with E-state index in [9.17, 15) is 4.79 Å². The predicted octanol–water partition coefficient (Wildman–Crippen LogP) is 2.12. The summed E-state index contributed by atoms with van der Waals surface area (Å²) in [7, 11) is 1.60. The van der Waals surface area contributed by atoms with E-state index in [-0.39, 0.29) is 30.3 Å². The van der Waals surface area contributed by atoms with Gasteiger partial charge in [0.2, 0.25) is 5.91 Å². The summed E-state index contributed by atoms with van der Waals surface area (Å²) in [6, 6.07) is 5.45. The van der Waals surface area contributed by atoms with Gasteiger partial charge in [-0.2, -0.15) is 0 Å². The number of nitrogens with one attached hydrogen (secondary N) is 1. The molecule has 0 saturated heterocycles. The highest BCUT2D eigenvalue weighted by Crippen LogP contribution is 2.27. The number of methoxy groups -OCH3 is 1. The molecule has 1 aromatic rings. The molecule has 0 fully saturated rings. The van der Waals surface area contributed by atoms with E-state index in [1.165, 1.54) is 0 Å². The molecule has 120 valence electrons. The van der Waals surface area contributed by atoms with E-state index in [0.29, 0.717) is 24.7 Å². The quantitative estimate of drug-likeness (QED) is 0.808. The van der Waals surface area contributed by atoms with Gasteiger partial charge in [-0.15, -0.1) is 12.4 Å². The molecule has 0 aromatic heterocycles. The fourth-order valence-corrected chi connectivity index (χ4v) is 1.69. The van der Waals surface area contributed by atoms with Crippen molar-refractivity contribution in [2.24, 2.45) is 11.7 Å². The van der Waals surface area contributed by atoms with Gasteiger partial charge in [-0.05, 0) is 31.5 Å². The normalized spacial score (nSPS) is 12.8. The van der Waals surface area contributed by atoms with Crippen molar-refractivity contribution in [3.05, 3.63) is 23.8 Å². The number of nitrogens with two attached hydrogens (primary N) is 1. The molecule has 3 N–H and O–H groups in total. The van der Waals surface area contributed by atoms with Crippen LogP contribution in [0.3, 0.4) is 0 Å². The smallest absolute Gasteiger partial charge is 0.224 e. The predicted molar refractivity (Wildman–Crippen MR) is 86.1 cm³/mol.